The molecule has 1 N–H and O–H groups in total. The number of rotatable bonds is 4. The third-order valence-electron chi connectivity index (χ3n) is 2.67. The first kappa shape index (κ1) is 13.1. The Morgan fingerprint density at radius 2 is 1.67 bits per heavy atom. The van der Waals surface area contributed by atoms with Crippen LogP contribution in [-0.2, 0) is 13.1 Å². The minimum atomic E-state index is -0.204. The molecule has 0 aliphatic carbocycles. The van der Waals surface area contributed by atoms with E-state index in [2.05, 4.69) is 11.4 Å². The summed E-state index contributed by atoms with van der Waals surface area (Å²) in [5.74, 6) is -0.204. The summed E-state index contributed by atoms with van der Waals surface area (Å²) in [6.07, 6.45) is 0. The zero-order chi connectivity index (χ0) is 13.0. The van der Waals surface area contributed by atoms with Gasteiger partial charge in [0.2, 0.25) is 0 Å². The Hall–Kier alpha value is -1.38. The molecule has 0 radical (unpaired) electrons. The second-order valence-electron chi connectivity index (χ2n) is 4.37. The Labute approximate surface area is 112 Å². The van der Waals surface area contributed by atoms with Crippen molar-refractivity contribution >= 4 is 11.6 Å². The number of nitrogens with one attached hydrogen (secondary N) is 1. The highest BCUT2D eigenvalue weighted by atomic mass is 35.5. The molecule has 0 unspecified atom stereocenters. The van der Waals surface area contributed by atoms with E-state index < -0.39 is 0 Å². The monoisotopic (exact) mass is 263 g/mol. The molecule has 0 aliphatic heterocycles. The first-order chi connectivity index (χ1) is 8.63. The maximum Gasteiger partial charge on any atom is 0.123 e. The summed E-state index contributed by atoms with van der Waals surface area (Å²) in [5.41, 5.74) is 3.37. The Morgan fingerprint density at radius 1 is 1.00 bits per heavy atom. The molecule has 0 saturated carbocycles. The molecular weight excluding hydrogens is 249 g/mol. The van der Waals surface area contributed by atoms with Crippen molar-refractivity contribution in [3.05, 3.63) is 70.0 Å². The SMILES string of the molecule is Cc1cc(Cl)cc(CNCc2ccc(F)cc2)c1. The normalized spacial score (nSPS) is 10.6. The Bertz CT molecular complexity index is 502. The van der Waals surface area contributed by atoms with Gasteiger partial charge in [-0.25, -0.2) is 4.39 Å². The Balaban J connectivity index is 1.90. The molecule has 1 nitrogen and oxygen atoms in total. The van der Waals surface area contributed by atoms with Crippen molar-refractivity contribution in [2.45, 2.75) is 20.0 Å². The van der Waals surface area contributed by atoms with Crippen molar-refractivity contribution in [1.29, 1.82) is 0 Å². The Morgan fingerprint density at radius 3 is 2.33 bits per heavy atom. The van der Waals surface area contributed by atoms with Crippen LogP contribution in [0, 0.1) is 12.7 Å². The van der Waals surface area contributed by atoms with Gasteiger partial charge in [0.15, 0.2) is 0 Å². The minimum absolute atomic E-state index is 0.204. The van der Waals surface area contributed by atoms with Crippen LogP contribution in [0.4, 0.5) is 4.39 Å². The molecule has 0 spiro atoms. The minimum Gasteiger partial charge on any atom is -0.309 e. The molecule has 2 aromatic carbocycles. The van der Waals surface area contributed by atoms with Crippen LogP contribution < -0.4 is 5.32 Å². The lowest BCUT2D eigenvalue weighted by molar-refractivity contribution is 0.625. The van der Waals surface area contributed by atoms with Crippen LogP contribution in [0.1, 0.15) is 16.7 Å². The third kappa shape index (κ3) is 3.83. The average Bonchev–Trinajstić information content (AvgIpc) is 2.30. The summed E-state index contributed by atoms with van der Waals surface area (Å²) in [6, 6.07) is 12.5. The molecular formula is C15H15ClFN. The van der Waals surface area contributed by atoms with E-state index in [1.807, 2.05) is 19.1 Å². The highest BCUT2D eigenvalue weighted by molar-refractivity contribution is 6.30. The summed E-state index contributed by atoms with van der Waals surface area (Å²) in [6.45, 7) is 3.49. The molecule has 0 fully saturated rings. The van der Waals surface area contributed by atoms with Gasteiger partial charge in [-0.3, -0.25) is 0 Å². The van der Waals surface area contributed by atoms with Gasteiger partial charge < -0.3 is 5.32 Å². The lowest BCUT2D eigenvalue weighted by atomic mass is 10.1. The fourth-order valence-corrected chi connectivity index (χ4v) is 2.18. The molecule has 0 heterocycles. The molecule has 0 aromatic heterocycles. The van der Waals surface area contributed by atoms with E-state index in [-0.39, 0.29) is 5.82 Å². The standard InChI is InChI=1S/C15H15ClFN/c1-11-6-13(8-14(16)7-11)10-18-9-12-2-4-15(17)5-3-12/h2-8,18H,9-10H2,1H3. The summed E-state index contributed by atoms with van der Waals surface area (Å²) < 4.78 is 12.7. The highest BCUT2D eigenvalue weighted by Crippen LogP contribution is 2.14. The van der Waals surface area contributed by atoms with Gasteiger partial charge >= 0.3 is 0 Å². The van der Waals surface area contributed by atoms with Crippen LogP contribution in [-0.4, -0.2) is 0 Å². The van der Waals surface area contributed by atoms with E-state index in [1.165, 1.54) is 12.1 Å². The van der Waals surface area contributed by atoms with Gasteiger partial charge in [0.1, 0.15) is 5.82 Å². The predicted molar refractivity (Wildman–Crippen MR) is 73.1 cm³/mol. The molecule has 0 bridgehead atoms. The molecule has 2 aromatic rings. The van der Waals surface area contributed by atoms with Gasteiger partial charge in [-0.2, -0.15) is 0 Å². The van der Waals surface area contributed by atoms with E-state index in [9.17, 15) is 4.39 Å². The predicted octanol–water partition coefficient (Wildman–Crippen LogP) is 4.08. The first-order valence-electron chi connectivity index (χ1n) is 5.85. The maximum atomic E-state index is 12.7. The van der Waals surface area contributed by atoms with Crippen LogP contribution in [0.15, 0.2) is 42.5 Å². The fraction of sp³-hybridized carbons (Fsp3) is 0.200. The molecule has 18 heavy (non-hydrogen) atoms. The largest absolute Gasteiger partial charge is 0.309 e. The van der Waals surface area contributed by atoms with E-state index in [4.69, 9.17) is 11.6 Å². The second kappa shape index (κ2) is 5.98. The lowest BCUT2D eigenvalue weighted by Crippen LogP contribution is -2.12. The van der Waals surface area contributed by atoms with Crippen LogP contribution in [0.3, 0.4) is 0 Å². The number of halogens is 2. The van der Waals surface area contributed by atoms with Crippen molar-refractivity contribution in [3.8, 4) is 0 Å². The van der Waals surface area contributed by atoms with Crippen LogP contribution in [0.2, 0.25) is 5.02 Å². The average molecular weight is 264 g/mol. The molecule has 0 saturated heterocycles. The van der Waals surface area contributed by atoms with E-state index in [0.29, 0.717) is 6.54 Å². The van der Waals surface area contributed by atoms with Gasteiger partial charge in [0.05, 0.1) is 0 Å². The van der Waals surface area contributed by atoms with Crippen molar-refractivity contribution < 1.29 is 4.39 Å². The van der Waals surface area contributed by atoms with E-state index >= 15 is 0 Å². The van der Waals surface area contributed by atoms with Crippen molar-refractivity contribution in [2.24, 2.45) is 0 Å². The molecule has 0 aliphatic rings. The number of benzene rings is 2. The van der Waals surface area contributed by atoms with Crippen LogP contribution in [0.5, 0.6) is 0 Å². The van der Waals surface area contributed by atoms with E-state index in [1.54, 1.807) is 12.1 Å². The van der Waals surface area contributed by atoms with Gasteiger partial charge in [-0.15, -0.1) is 0 Å². The van der Waals surface area contributed by atoms with Gasteiger partial charge in [0.25, 0.3) is 0 Å². The van der Waals surface area contributed by atoms with Crippen LogP contribution >= 0.6 is 11.6 Å². The second-order valence-corrected chi connectivity index (χ2v) is 4.80. The molecule has 94 valence electrons. The maximum absolute atomic E-state index is 12.7. The summed E-state index contributed by atoms with van der Waals surface area (Å²) in [4.78, 5) is 0. The molecule has 2 rings (SSSR count). The summed E-state index contributed by atoms with van der Waals surface area (Å²) in [5, 5.41) is 4.07. The van der Waals surface area contributed by atoms with E-state index in [0.717, 1.165) is 28.3 Å². The zero-order valence-corrected chi connectivity index (χ0v) is 11.0. The fourth-order valence-electron chi connectivity index (χ4n) is 1.87. The summed E-state index contributed by atoms with van der Waals surface area (Å²) >= 11 is 5.99. The summed E-state index contributed by atoms with van der Waals surface area (Å²) in [7, 11) is 0. The first-order valence-corrected chi connectivity index (χ1v) is 6.22. The quantitative estimate of drug-likeness (QED) is 0.877. The van der Waals surface area contributed by atoms with Crippen LogP contribution in [0.25, 0.3) is 0 Å². The van der Waals surface area contributed by atoms with Crippen molar-refractivity contribution in [3.63, 3.8) is 0 Å². The van der Waals surface area contributed by atoms with Gasteiger partial charge in [-0.1, -0.05) is 29.8 Å². The lowest BCUT2D eigenvalue weighted by Gasteiger charge is -2.07. The molecule has 3 heteroatoms. The topological polar surface area (TPSA) is 12.0 Å². The van der Waals surface area contributed by atoms with Crippen molar-refractivity contribution in [1.82, 2.24) is 5.32 Å². The molecule has 0 amide bonds. The Kier molecular flexibility index (Phi) is 4.34. The third-order valence-corrected chi connectivity index (χ3v) is 2.89. The van der Waals surface area contributed by atoms with Gasteiger partial charge in [-0.05, 0) is 47.9 Å². The number of hydrogen-bond acceptors (Lipinski definition) is 1. The highest BCUT2D eigenvalue weighted by Gasteiger charge is 1.98. The van der Waals surface area contributed by atoms with Crippen molar-refractivity contribution in [2.75, 3.05) is 0 Å². The zero-order valence-electron chi connectivity index (χ0n) is 10.2. The number of hydrogen-bond donors (Lipinski definition) is 1. The number of aryl methyl sites for hydroxylation is 1. The smallest absolute Gasteiger partial charge is 0.123 e. The molecule has 0 atom stereocenters. The van der Waals surface area contributed by atoms with Gasteiger partial charge in [0, 0.05) is 18.1 Å².